The number of ether oxygens (including phenoxy) is 1. The van der Waals surface area contributed by atoms with Crippen LogP contribution in [0.15, 0.2) is 54.6 Å². The lowest BCUT2D eigenvalue weighted by Crippen LogP contribution is -1.96. The van der Waals surface area contributed by atoms with E-state index in [-0.39, 0.29) is 5.82 Å². The topological polar surface area (TPSA) is 9.23 Å². The van der Waals surface area contributed by atoms with Gasteiger partial charge < -0.3 is 4.74 Å². The smallest absolute Gasteiger partial charge is 0.136 e. The van der Waals surface area contributed by atoms with E-state index < -0.39 is 0 Å². The highest BCUT2D eigenvalue weighted by Gasteiger charge is 2.08. The first kappa shape index (κ1) is 20.2. The molecule has 2 heteroatoms. The lowest BCUT2D eigenvalue weighted by Gasteiger charge is -2.09. The summed E-state index contributed by atoms with van der Waals surface area (Å²) >= 11 is 0. The molecule has 0 aliphatic carbocycles. The second-order valence-corrected chi connectivity index (χ2v) is 6.90. The number of hydrogen-bond acceptors (Lipinski definition) is 1. The van der Waals surface area contributed by atoms with Gasteiger partial charge in [0, 0.05) is 16.7 Å². The van der Waals surface area contributed by atoms with Crippen molar-refractivity contribution < 1.29 is 9.13 Å². The highest BCUT2D eigenvalue weighted by atomic mass is 19.1. The minimum Gasteiger partial charge on any atom is -0.495 e. The van der Waals surface area contributed by atoms with Gasteiger partial charge in [0.15, 0.2) is 0 Å². The fraction of sp³-hybridized carbons (Fsp3) is 0.185. The second-order valence-electron chi connectivity index (χ2n) is 6.90. The fourth-order valence-corrected chi connectivity index (χ4v) is 2.91. The van der Waals surface area contributed by atoms with E-state index in [0.29, 0.717) is 16.9 Å². The Kier molecular flexibility index (Phi) is 6.38. The largest absolute Gasteiger partial charge is 0.495 e. The molecule has 3 aromatic carbocycles. The molecule has 144 valence electrons. The van der Waals surface area contributed by atoms with E-state index in [1.54, 1.807) is 20.1 Å². The summed E-state index contributed by atoms with van der Waals surface area (Å²) in [5.74, 6) is 13.1. The predicted molar refractivity (Wildman–Crippen MR) is 117 cm³/mol. The fourth-order valence-electron chi connectivity index (χ4n) is 2.91. The van der Waals surface area contributed by atoms with Crippen LogP contribution in [-0.4, -0.2) is 7.11 Å². The average molecular weight is 382 g/mol. The Balaban J connectivity index is 1.98. The molecule has 3 rings (SSSR count). The molecule has 0 radical (unpaired) electrons. The van der Waals surface area contributed by atoms with Crippen molar-refractivity contribution in [3.05, 3.63) is 99.4 Å². The van der Waals surface area contributed by atoms with Gasteiger partial charge in [-0.25, -0.2) is 4.39 Å². The van der Waals surface area contributed by atoms with Crippen molar-refractivity contribution in [3.8, 4) is 29.4 Å². The molecule has 0 saturated carbocycles. The van der Waals surface area contributed by atoms with Gasteiger partial charge in [0.25, 0.3) is 0 Å². The molecule has 0 unspecified atom stereocenters. The molecule has 0 spiro atoms. The Hall–Kier alpha value is -3.49. The van der Waals surface area contributed by atoms with Crippen molar-refractivity contribution in [1.82, 2.24) is 0 Å². The zero-order valence-corrected chi connectivity index (χ0v) is 17.2. The molecule has 0 aliphatic heterocycles. The highest BCUT2D eigenvalue weighted by Crippen LogP contribution is 2.24. The summed E-state index contributed by atoms with van der Waals surface area (Å²) in [6.45, 7) is 5.87. The van der Waals surface area contributed by atoms with Crippen molar-refractivity contribution in [2.45, 2.75) is 27.2 Å². The van der Waals surface area contributed by atoms with Crippen molar-refractivity contribution in [2.24, 2.45) is 0 Å². The second kappa shape index (κ2) is 9.13. The summed E-state index contributed by atoms with van der Waals surface area (Å²) < 4.78 is 19.3. The zero-order valence-electron chi connectivity index (χ0n) is 17.2. The monoisotopic (exact) mass is 382 g/mol. The molecule has 0 fully saturated rings. The van der Waals surface area contributed by atoms with E-state index in [4.69, 9.17) is 4.74 Å². The molecular formula is C27H23FO. The Morgan fingerprint density at radius 1 is 0.793 bits per heavy atom. The third-order valence-corrected chi connectivity index (χ3v) is 4.69. The molecule has 0 amide bonds. The van der Waals surface area contributed by atoms with Gasteiger partial charge >= 0.3 is 0 Å². The van der Waals surface area contributed by atoms with Crippen LogP contribution in [0.1, 0.15) is 45.9 Å². The lowest BCUT2D eigenvalue weighted by atomic mass is 10.00. The summed E-state index contributed by atoms with van der Waals surface area (Å²) in [6.07, 6.45) is 0.808. The summed E-state index contributed by atoms with van der Waals surface area (Å²) in [4.78, 5) is 0. The maximum Gasteiger partial charge on any atom is 0.136 e. The van der Waals surface area contributed by atoms with Crippen LogP contribution >= 0.6 is 0 Å². The first-order valence-electron chi connectivity index (χ1n) is 9.58. The van der Waals surface area contributed by atoms with Crippen molar-refractivity contribution >= 4 is 0 Å². The maximum absolute atomic E-state index is 13.7. The van der Waals surface area contributed by atoms with E-state index in [1.807, 2.05) is 30.3 Å². The van der Waals surface area contributed by atoms with Crippen LogP contribution in [0.25, 0.3) is 0 Å². The summed E-state index contributed by atoms with van der Waals surface area (Å²) in [5.41, 5.74) is 6.20. The molecule has 29 heavy (non-hydrogen) atoms. The highest BCUT2D eigenvalue weighted by molar-refractivity contribution is 5.58. The molecular weight excluding hydrogens is 359 g/mol. The molecule has 1 nitrogen and oxygen atoms in total. The molecule has 0 aromatic heterocycles. The van der Waals surface area contributed by atoms with Crippen LogP contribution in [0.5, 0.6) is 5.75 Å². The number of benzene rings is 3. The van der Waals surface area contributed by atoms with Crippen LogP contribution in [0, 0.1) is 43.3 Å². The van der Waals surface area contributed by atoms with Crippen molar-refractivity contribution in [2.75, 3.05) is 7.11 Å². The van der Waals surface area contributed by atoms with Gasteiger partial charge in [-0.3, -0.25) is 0 Å². The Morgan fingerprint density at radius 3 is 2.10 bits per heavy atom. The molecule has 3 aromatic rings. The maximum atomic E-state index is 13.7. The van der Waals surface area contributed by atoms with E-state index in [0.717, 1.165) is 28.7 Å². The van der Waals surface area contributed by atoms with Crippen molar-refractivity contribution in [3.63, 3.8) is 0 Å². The van der Waals surface area contributed by atoms with Gasteiger partial charge in [-0.1, -0.05) is 54.4 Å². The van der Waals surface area contributed by atoms with E-state index in [9.17, 15) is 4.39 Å². The molecule has 0 N–H and O–H groups in total. The van der Waals surface area contributed by atoms with Crippen LogP contribution in [0.3, 0.4) is 0 Å². The third-order valence-electron chi connectivity index (χ3n) is 4.69. The zero-order chi connectivity index (χ0) is 20.8. The van der Waals surface area contributed by atoms with E-state index in [2.05, 4.69) is 49.7 Å². The van der Waals surface area contributed by atoms with Crippen molar-refractivity contribution in [1.29, 1.82) is 0 Å². The average Bonchev–Trinajstić information content (AvgIpc) is 2.74. The van der Waals surface area contributed by atoms with Gasteiger partial charge in [-0.2, -0.15) is 0 Å². The van der Waals surface area contributed by atoms with Crippen LogP contribution in [-0.2, 0) is 6.42 Å². The number of rotatable bonds is 2. The molecule has 0 aliphatic rings. The van der Waals surface area contributed by atoms with E-state index >= 15 is 0 Å². The normalized spacial score (nSPS) is 9.83. The first-order valence-corrected chi connectivity index (χ1v) is 9.58. The van der Waals surface area contributed by atoms with Gasteiger partial charge in [0.2, 0.25) is 0 Å². The Bertz CT molecular complexity index is 1120. The Morgan fingerprint density at radius 2 is 1.45 bits per heavy atom. The van der Waals surface area contributed by atoms with Gasteiger partial charge in [0.05, 0.1) is 12.7 Å². The van der Waals surface area contributed by atoms with Gasteiger partial charge in [-0.05, 0) is 67.8 Å². The number of halogens is 1. The number of aryl methyl sites for hydroxylation is 3. The summed E-state index contributed by atoms with van der Waals surface area (Å²) in [7, 11) is 1.64. The third kappa shape index (κ3) is 5.07. The predicted octanol–water partition coefficient (Wildman–Crippen LogP) is 5.81. The molecule has 0 atom stereocenters. The standard InChI is InChI=1S/C27H23FO/c1-5-24-16-23(13-12-22-11-8-20(3)26(28)17-22)18-27(29-4)25(24)15-14-21-9-6-19(2)7-10-21/h6-11,16-18H,5H2,1-4H3. The lowest BCUT2D eigenvalue weighted by molar-refractivity contribution is 0.413. The van der Waals surface area contributed by atoms with Crippen LogP contribution < -0.4 is 4.74 Å². The quantitative estimate of drug-likeness (QED) is 0.508. The molecule has 0 heterocycles. The summed E-state index contributed by atoms with van der Waals surface area (Å²) in [5, 5.41) is 0. The number of hydrogen-bond donors (Lipinski definition) is 0. The molecule has 0 bridgehead atoms. The van der Waals surface area contributed by atoms with E-state index in [1.165, 1.54) is 11.6 Å². The SMILES string of the molecule is CCc1cc(C#Cc2ccc(C)c(F)c2)cc(OC)c1C#Cc1ccc(C)cc1. The molecule has 0 saturated heterocycles. The summed E-state index contributed by atoms with van der Waals surface area (Å²) in [6, 6.07) is 17.1. The van der Waals surface area contributed by atoms with Crippen LogP contribution in [0.2, 0.25) is 0 Å². The van der Waals surface area contributed by atoms with Crippen LogP contribution in [0.4, 0.5) is 4.39 Å². The van der Waals surface area contributed by atoms with Gasteiger partial charge in [-0.15, -0.1) is 0 Å². The first-order chi connectivity index (χ1) is 14.0. The Labute approximate surface area is 172 Å². The van der Waals surface area contributed by atoms with Gasteiger partial charge in [0.1, 0.15) is 11.6 Å². The minimum absolute atomic E-state index is 0.245. The number of methoxy groups -OCH3 is 1. The minimum atomic E-state index is -0.245.